The average Bonchev–Trinajstić information content (AvgIpc) is 3.41. The van der Waals surface area contributed by atoms with Gasteiger partial charge in [-0.25, -0.2) is 0 Å². The first-order valence-corrected chi connectivity index (χ1v) is 10.1. The number of amides is 1. The topological polar surface area (TPSA) is 66.0 Å². The number of carbonyl (C=O) groups is 1. The summed E-state index contributed by atoms with van der Waals surface area (Å²) in [4.78, 5) is 12.2. The molecular weight excluding hydrogens is 394 g/mol. The number of benzene rings is 2. The number of rotatable bonds is 6. The van der Waals surface area contributed by atoms with Gasteiger partial charge in [-0.15, -0.1) is 0 Å². The quantitative estimate of drug-likeness (QED) is 0.777. The Bertz CT molecular complexity index is 910. The Hall–Kier alpha value is -2.44. The van der Waals surface area contributed by atoms with Gasteiger partial charge in [-0.05, 0) is 48.7 Å². The van der Waals surface area contributed by atoms with Crippen LogP contribution in [-0.2, 0) is 16.0 Å². The lowest BCUT2D eigenvalue weighted by Crippen LogP contribution is -2.40. The van der Waals surface area contributed by atoms with Gasteiger partial charge in [0.1, 0.15) is 29.5 Å². The van der Waals surface area contributed by atoms with E-state index in [0.717, 1.165) is 41.0 Å². The highest BCUT2D eigenvalue weighted by Gasteiger charge is 2.29. The Morgan fingerprint density at radius 2 is 2.10 bits per heavy atom. The van der Waals surface area contributed by atoms with Crippen molar-refractivity contribution in [3.63, 3.8) is 0 Å². The fourth-order valence-corrected chi connectivity index (χ4v) is 4.09. The van der Waals surface area contributed by atoms with Gasteiger partial charge in [0.15, 0.2) is 0 Å². The molecule has 2 aliphatic rings. The molecule has 0 aromatic heterocycles. The van der Waals surface area contributed by atoms with Crippen molar-refractivity contribution in [2.75, 3.05) is 27.4 Å². The second-order valence-electron chi connectivity index (χ2n) is 7.20. The summed E-state index contributed by atoms with van der Waals surface area (Å²) in [6.07, 6.45) is 1.87. The summed E-state index contributed by atoms with van der Waals surface area (Å²) >= 11 is 6.52. The standard InChI is InChI=1S/C22H24ClNO5/c1-26-15-5-6-19(27-2)17(11-15)13-8-14-9-16(29-21(14)18(23)10-13)12-24-22(25)20-4-3-7-28-20/h5-6,8,10-11,16,20H,3-4,7,9,12H2,1-2H3,(H,24,25). The van der Waals surface area contributed by atoms with Crippen molar-refractivity contribution in [3.05, 3.63) is 40.9 Å². The molecule has 1 saturated heterocycles. The Labute approximate surface area is 175 Å². The molecule has 2 atom stereocenters. The molecule has 4 rings (SSSR count). The molecule has 2 aliphatic heterocycles. The van der Waals surface area contributed by atoms with Gasteiger partial charge in [0.25, 0.3) is 0 Å². The van der Waals surface area contributed by atoms with Gasteiger partial charge in [0.2, 0.25) is 5.91 Å². The lowest BCUT2D eigenvalue weighted by molar-refractivity contribution is -0.130. The summed E-state index contributed by atoms with van der Waals surface area (Å²) in [5, 5.41) is 3.47. The second kappa shape index (κ2) is 8.51. The summed E-state index contributed by atoms with van der Waals surface area (Å²) in [7, 11) is 3.26. The van der Waals surface area contributed by atoms with E-state index in [1.807, 2.05) is 24.3 Å². The Morgan fingerprint density at radius 1 is 1.24 bits per heavy atom. The molecule has 7 heteroatoms. The number of carbonyl (C=O) groups excluding carboxylic acids is 1. The maximum atomic E-state index is 12.2. The summed E-state index contributed by atoms with van der Waals surface area (Å²) in [5.41, 5.74) is 2.83. The van der Waals surface area contributed by atoms with E-state index in [4.69, 9.17) is 30.5 Å². The van der Waals surface area contributed by atoms with E-state index < -0.39 is 0 Å². The fraction of sp³-hybridized carbons (Fsp3) is 0.409. The van der Waals surface area contributed by atoms with Crippen LogP contribution in [-0.4, -0.2) is 45.5 Å². The zero-order valence-electron chi connectivity index (χ0n) is 16.5. The fourth-order valence-electron chi connectivity index (χ4n) is 3.81. The van der Waals surface area contributed by atoms with E-state index in [2.05, 4.69) is 11.4 Å². The summed E-state index contributed by atoms with van der Waals surface area (Å²) in [6.45, 7) is 1.07. The average molecular weight is 418 g/mol. The molecule has 0 saturated carbocycles. The number of fused-ring (bicyclic) bond motifs is 1. The van der Waals surface area contributed by atoms with Crippen LogP contribution in [0.4, 0.5) is 0 Å². The highest BCUT2D eigenvalue weighted by atomic mass is 35.5. The normalized spacial score (nSPS) is 20.1. The number of nitrogens with one attached hydrogen (secondary N) is 1. The maximum Gasteiger partial charge on any atom is 0.249 e. The van der Waals surface area contributed by atoms with E-state index in [1.54, 1.807) is 14.2 Å². The van der Waals surface area contributed by atoms with Gasteiger partial charge in [-0.2, -0.15) is 0 Å². The van der Waals surface area contributed by atoms with E-state index in [9.17, 15) is 4.79 Å². The van der Waals surface area contributed by atoms with Crippen LogP contribution in [0.1, 0.15) is 18.4 Å². The van der Waals surface area contributed by atoms with Crippen LogP contribution in [0.15, 0.2) is 30.3 Å². The summed E-state index contributed by atoms with van der Waals surface area (Å²) in [5.74, 6) is 2.08. The first-order chi connectivity index (χ1) is 14.1. The molecule has 29 heavy (non-hydrogen) atoms. The minimum absolute atomic E-state index is 0.0741. The van der Waals surface area contributed by atoms with Crippen molar-refractivity contribution in [2.24, 2.45) is 0 Å². The monoisotopic (exact) mass is 417 g/mol. The smallest absolute Gasteiger partial charge is 0.249 e. The van der Waals surface area contributed by atoms with Crippen LogP contribution in [0.3, 0.4) is 0 Å². The number of ether oxygens (including phenoxy) is 4. The van der Waals surface area contributed by atoms with Crippen molar-refractivity contribution < 1.29 is 23.7 Å². The predicted molar refractivity (Wildman–Crippen MR) is 110 cm³/mol. The van der Waals surface area contributed by atoms with Crippen molar-refractivity contribution in [3.8, 4) is 28.4 Å². The van der Waals surface area contributed by atoms with Crippen molar-refractivity contribution in [1.82, 2.24) is 5.32 Å². The molecule has 0 spiro atoms. The highest BCUT2D eigenvalue weighted by molar-refractivity contribution is 6.32. The van der Waals surface area contributed by atoms with Gasteiger partial charge in [0, 0.05) is 24.2 Å². The van der Waals surface area contributed by atoms with Crippen LogP contribution in [0, 0.1) is 0 Å². The molecular formula is C22H24ClNO5. The number of methoxy groups -OCH3 is 2. The zero-order valence-corrected chi connectivity index (χ0v) is 17.3. The largest absolute Gasteiger partial charge is 0.497 e. The van der Waals surface area contributed by atoms with E-state index in [0.29, 0.717) is 30.3 Å². The van der Waals surface area contributed by atoms with Crippen molar-refractivity contribution in [2.45, 2.75) is 31.5 Å². The Kier molecular flexibility index (Phi) is 5.83. The SMILES string of the molecule is COc1ccc(OC)c(-c2cc(Cl)c3c(c2)CC(CNC(=O)C2CCCO2)O3)c1. The van der Waals surface area contributed by atoms with Crippen molar-refractivity contribution >= 4 is 17.5 Å². The van der Waals surface area contributed by atoms with Crippen LogP contribution in [0.5, 0.6) is 17.2 Å². The molecule has 2 aromatic carbocycles. The molecule has 1 fully saturated rings. The minimum Gasteiger partial charge on any atom is -0.497 e. The van der Waals surface area contributed by atoms with E-state index >= 15 is 0 Å². The van der Waals surface area contributed by atoms with Crippen molar-refractivity contribution in [1.29, 1.82) is 0 Å². The summed E-state index contributed by atoms with van der Waals surface area (Å²) < 4.78 is 22.3. The molecule has 0 aliphatic carbocycles. The lowest BCUT2D eigenvalue weighted by atomic mass is 9.99. The zero-order chi connectivity index (χ0) is 20.4. The van der Waals surface area contributed by atoms with Gasteiger partial charge in [-0.3, -0.25) is 4.79 Å². The maximum absolute atomic E-state index is 12.2. The predicted octanol–water partition coefficient (Wildman–Crippen LogP) is 3.62. The van der Waals surface area contributed by atoms with Crippen LogP contribution < -0.4 is 19.5 Å². The molecule has 0 bridgehead atoms. The molecule has 154 valence electrons. The second-order valence-corrected chi connectivity index (χ2v) is 7.61. The Morgan fingerprint density at radius 3 is 2.83 bits per heavy atom. The number of hydrogen-bond acceptors (Lipinski definition) is 5. The number of hydrogen-bond donors (Lipinski definition) is 1. The molecule has 1 amide bonds. The first kappa shape index (κ1) is 19.9. The van der Waals surface area contributed by atoms with Gasteiger partial charge in [0.05, 0.1) is 25.8 Å². The lowest BCUT2D eigenvalue weighted by Gasteiger charge is -2.14. The van der Waals surface area contributed by atoms with Crippen LogP contribution >= 0.6 is 11.6 Å². The van der Waals surface area contributed by atoms with Gasteiger partial charge >= 0.3 is 0 Å². The van der Waals surface area contributed by atoms with Gasteiger partial charge in [-0.1, -0.05) is 11.6 Å². The molecule has 2 aromatic rings. The third kappa shape index (κ3) is 4.14. The minimum atomic E-state index is -0.338. The Balaban J connectivity index is 1.50. The summed E-state index contributed by atoms with van der Waals surface area (Å²) in [6, 6.07) is 9.57. The van der Waals surface area contributed by atoms with E-state index in [-0.39, 0.29) is 18.1 Å². The molecule has 0 radical (unpaired) electrons. The van der Waals surface area contributed by atoms with Crippen LogP contribution in [0.2, 0.25) is 5.02 Å². The third-order valence-electron chi connectivity index (χ3n) is 5.30. The van der Waals surface area contributed by atoms with Gasteiger partial charge < -0.3 is 24.3 Å². The number of halogens is 1. The molecule has 2 unspecified atom stereocenters. The van der Waals surface area contributed by atoms with Crippen LogP contribution in [0.25, 0.3) is 11.1 Å². The third-order valence-corrected chi connectivity index (χ3v) is 5.58. The molecule has 1 N–H and O–H groups in total. The van der Waals surface area contributed by atoms with E-state index in [1.165, 1.54) is 0 Å². The molecule has 2 heterocycles. The highest BCUT2D eigenvalue weighted by Crippen LogP contribution is 2.42. The first-order valence-electron chi connectivity index (χ1n) is 9.70. The molecule has 6 nitrogen and oxygen atoms in total.